The molecular weight excluding hydrogens is 196 g/mol. The molecule has 2 rings (SSSR count). The van der Waals surface area contributed by atoms with Crippen LogP contribution in [0.25, 0.3) is 5.65 Å². The summed E-state index contributed by atoms with van der Waals surface area (Å²) in [6.45, 7) is 2.06. The van der Waals surface area contributed by atoms with Crippen LogP contribution in [0, 0.1) is 0 Å². The van der Waals surface area contributed by atoms with E-state index < -0.39 is 5.97 Å². The third-order valence-electron chi connectivity index (χ3n) is 1.94. The Kier molecular flexibility index (Phi) is 2.24. The Labute approximate surface area is 85.7 Å². The molecule has 2 aromatic heterocycles. The summed E-state index contributed by atoms with van der Waals surface area (Å²) in [6, 6.07) is 5.03. The van der Waals surface area contributed by atoms with Crippen molar-refractivity contribution in [1.29, 1.82) is 0 Å². The number of aromatic nitrogens is 3. The van der Waals surface area contributed by atoms with Crippen molar-refractivity contribution in [3.63, 3.8) is 0 Å². The van der Waals surface area contributed by atoms with Crippen molar-refractivity contribution >= 4 is 17.6 Å². The third-order valence-corrected chi connectivity index (χ3v) is 1.94. The fourth-order valence-corrected chi connectivity index (χ4v) is 1.33. The average Bonchev–Trinajstić information content (AvgIpc) is 2.61. The molecular formula is C9H10N4O2. The largest absolute Gasteiger partial charge is 0.461 e. The first-order chi connectivity index (χ1) is 7.24. The zero-order chi connectivity index (χ0) is 10.8. The van der Waals surface area contributed by atoms with Crippen molar-refractivity contribution in [3.05, 3.63) is 23.9 Å². The van der Waals surface area contributed by atoms with E-state index in [2.05, 4.69) is 10.2 Å². The Morgan fingerprint density at radius 3 is 3.07 bits per heavy atom. The van der Waals surface area contributed by atoms with Crippen LogP contribution in [-0.2, 0) is 4.74 Å². The highest BCUT2D eigenvalue weighted by molar-refractivity contribution is 5.88. The van der Waals surface area contributed by atoms with Crippen LogP contribution in [-0.4, -0.2) is 27.2 Å². The average molecular weight is 206 g/mol. The number of nitrogens with two attached hydrogens (primary N) is 1. The van der Waals surface area contributed by atoms with Crippen molar-refractivity contribution < 1.29 is 9.53 Å². The SMILES string of the molecule is CCOC(=O)c1cccc2nnc(N)n12. The van der Waals surface area contributed by atoms with Crippen LogP contribution >= 0.6 is 0 Å². The van der Waals surface area contributed by atoms with Crippen LogP contribution in [0.3, 0.4) is 0 Å². The number of pyridine rings is 1. The van der Waals surface area contributed by atoms with E-state index in [0.717, 1.165) is 0 Å². The second-order valence-electron chi connectivity index (χ2n) is 2.88. The first-order valence-corrected chi connectivity index (χ1v) is 4.50. The summed E-state index contributed by atoms with van der Waals surface area (Å²) in [6.07, 6.45) is 0. The molecule has 0 saturated heterocycles. The maximum atomic E-state index is 11.6. The van der Waals surface area contributed by atoms with E-state index in [0.29, 0.717) is 17.9 Å². The highest BCUT2D eigenvalue weighted by atomic mass is 16.5. The number of carbonyl (C=O) groups excluding carboxylic acids is 1. The van der Waals surface area contributed by atoms with Crippen LogP contribution in [0.15, 0.2) is 18.2 Å². The van der Waals surface area contributed by atoms with Crippen molar-refractivity contribution in [3.8, 4) is 0 Å². The Balaban J connectivity index is 2.59. The van der Waals surface area contributed by atoms with E-state index in [1.165, 1.54) is 4.40 Å². The number of nitrogen functional groups attached to an aromatic ring is 1. The molecule has 6 nitrogen and oxygen atoms in total. The highest BCUT2D eigenvalue weighted by Crippen LogP contribution is 2.10. The molecule has 15 heavy (non-hydrogen) atoms. The molecule has 6 heteroatoms. The second kappa shape index (κ2) is 3.56. The lowest BCUT2D eigenvalue weighted by Gasteiger charge is -2.04. The number of fused-ring (bicyclic) bond motifs is 1. The van der Waals surface area contributed by atoms with E-state index >= 15 is 0 Å². The summed E-state index contributed by atoms with van der Waals surface area (Å²) in [5, 5.41) is 7.48. The minimum absolute atomic E-state index is 0.175. The van der Waals surface area contributed by atoms with Gasteiger partial charge >= 0.3 is 5.97 Å². The Morgan fingerprint density at radius 1 is 1.53 bits per heavy atom. The summed E-state index contributed by atoms with van der Waals surface area (Å²) in [5.74, 6) is -0.261. The molecule has 2 N–H and O–H groups in total. The van der Waals surface area contributed by atoms with Crippen molar-refractivity contribution in [2.75, 3.05) is 12.3 Å². The number of nitrogens with zero attached hydrogens (tertiary/aromatic N) is 3. The zero-order valence-corrected chi connectivity index (χ0v) is 8.17. The van der Waals surface area contributed by atoms with Gasteiger partial charge in [-0.15, -0.1) is 10.2 Å². The van der Waals surface area contributed by atoms with Gasteiger partial charge in [-0.2, -0.15) is 0 Å². The number of esters is 1. The number of carbonyl (C=O) groups is 1. The van der Waals surface area contributed by atoms with E-state index in [4.69, 9.17) is 10.5 Å². The van der Waals surface area contributed by atoms with Gasteiger partial charge < -0.3 is 10.5 Å². The molecule has 0 aromatic carbocycles. The molecule has 0 spiro atoms. The Bertz CT molecular complexity index is 506. The molecule has 0 aliphatic rings. The first-order valence-electron chi connectivity index (χ1n) is 4.50. The number of hydrogen-bond acceptors (Lipinski definition) is 5. The van der Waals surface area contributed by atoms with Gasteiger partial charge in [0.25, 0.3) is 0 Å². The van der Waals surface area contributed by atoms with Gasteiger partial charge in [0.05, 0.1) is 6.61 Å². The maximum Gasteiger partial charge on any atom is 0.355 e. The smallest absolute Gasteiger partial charge is 0.355 e. The number of rotatable bonds is 2. The standard InChI is InChI=1S/C9H10N4O2/c1-2-15-8(14)6-4-3-5-7-11-12-9(10)13(6)7/h3-5H,2H2,1H3,(H2,10,12). The minimum Gasteiger partial charge on any atom is -0.461 e. The molecule has 0 unspecified atom stereocenters. The summed E-state index contributed by atoms with van der Waals surface area (Å²) in [7, 11) is 0. The molecule has 0 saturated carbocycles. The lowest BCUT2D eigenvalue weighted by atomic mass is 10.3. The van der Waals surface area contributed by atoms with Gasteiger partial charge in [0, 0.05) is 0 Å². The number of hydrogen-bond donors (Lipinski definition) is 1. The molecule has 0 fully saturated rings. The summed E-state index contributed by atoms with van der Waals surface area (Å²) in [4.78, 5) is 11.6. The molecule has 0 amide bonds. The van der Waals surface area contributed by atoms with Crippen LogP contribution in [0.5, 0.6) is 0 Å². The van der Waals surface area contributed by atoms with Gasteiger partial charge in [0.1, 0.15) is 5.69 Å². The summed E-state index contributed by atoms with van der Waals surface area (Å²) >= 11 is 0. The first kappa shape index (κ1) is 9.45. The Morgan fingerprint density at radius 2 is 2.33 bits per heavy atom. The van der Waals surface area contributed by atoms with Crippen LogP contribution in [0.2, 0.25) is 0 Å². The van der Waals surface area contributed by atoms with E-state index in [1.54, 1.807) is 25.1 Å². The van der Waals surface area contributed by atoms with Gasteiger partial charge in [-0.1, -0.05) is 6.07 Å². The van der Waals surface area contributed by atoms with Crippen LogP contribution in [0.1, 0.15) is 17.4 Å². The molecule has 0 aliphatic carbocycles. The van der Waals surface area contributed by atoms with Gasteiger partial charge in [-0.05, 0) is 19.1 Å². The molecule has 0 aliphatic heterocycles. The third kappa shape index (κ3) is 1.50. The molecule has 0 radical (unpaired) electrons. The quantitative estimate of drug-likeness (QED) is 0.723. The summed E-state index contributed by atoms with van der Waals surface area (Å²) < 4.78 is 6.35. The fourth-order valence-electron chi connectivity index (χ4n) is 1.33. The topological polar surface area (TPSA) is 82.5 Å². The van der Waals surface area contributed by atoms with Crippen molar-refractivity contribution in [2.45, 2.75) is 6.92 Å². The minimum atomic E-state index is -0.436. The lowest BCUT2D eigenvalue weighted by Crippen LogP contribution is -2.11. The monoisotopic (exact) mass is 206 g/mol. The molecule has 2 aromatic rings. The fraction of sp³-hybridized carbons (Fsp3) is 0.222. The molecule has 78 valence electrons. The lowest BCUT2D eigenvalue weighted by molar-refractivity contribution is 0.0518. The maximum absolute atomic E-state index is 11.6. The van der Waals surface area contributed by atoms with Gasteiger partial charge in [0.2, 0.25) is 5.95 Å². The Hall–Kier alpha value is -2.11. The highest BCUT2D eigenvalue weighted by Gasteiger charge is 2.13. The van der Waals surface area contributed by atoms with Gasteiger partial charge in [0.15, 0.2) is 5.65 Å². The zero-order valence-electron chi connectivity index (χ0n) is 8.17. The van der Waals surface area contributed by atoms with Crippen molar-refractivity contribution in [2.24, 2.45) is 0 Å². The predicted molar refractivity (Wildman–Crippen MR) is 53.4 cm³/mol. The van der Waals surface area contributed by atoms with E-state index in [-0.39, 0.29) is 5.95 Å². The second-order valence-corrected chi connectivity index (χ2v) is 2.88. The van der Waals surface area contributed by atoms with Crippen LogP contribution < -0.4 is 5.73 Å². The molecule has 0 bridgehead atoms. The van der Waals surface area contributed by atoms with E-state index in [9.17, 15) is 4.79 Å². The van der Waals surface area contributed by atoms with Crippen LogP contribution in [0.4, 0.5) is 5.95 Å². The van der Waals surface area contributed by atoms with E-state index in [1.807, 2.05) is 0 Å². The van der Waals surface area contributed by atoms with Crippen molar-refractivity contribution in [1.82, 2.24) is 14.6 Å². The molecule has 0 atom stereocenters. The number of anilines is 1. The van der Waals surface area contributed by atoms with Gasteiger partial charge in [-0.3, -0.25) is 4.40 Å². The summed E-state index contributed by atoms with van der Waals surface area (Å²) in [5.41, 5.74) is 6.45. The van der Waals surface area contributed by atoms with Gasteiger partial charge in [-0.25, -0.2) is 4.79 Å². The number of ether oxygens (including phenoxy) is 1. The molecule has 2 heterocycles. The predicted octanol–water partition coefficient (Wildman–Crippen LogP) is 0.488. The normalized spacial score (nSPS) is 10.5.